The van der Waals surface area contributed by atoms with E-state index in [2.05, 4.69) is 18.6 Å². The molecule has 0 saturated carbocycles. The normalized spacial score (nSPS) is 13.3. The van der Waals surface area contributed by atoms with Crippen LogP contribution < -0.4 is 4.72 Å². The third-order valence-corrected chi connectivity index (χ3v) is 4.74. The standard InChI is InChI=1S/C15H24FNO2S/c1-3-5-8-13(4-2)11-17-20(18,19)12-14-9-6-7-10-15(14)16/h6-7,9-10,13,17H,3-5,8,11-12H2,1-2H3. The Morgan fingerprint density at radius 3 is 2.55 bits per heavy atom. The minimum atomic E-state index is -3.48. The molecule has 0 saturated heterocycles. The van der Waals surface area contributed by atoms with Crippen LogP contribution in [0.4, 0.5) is 4.39 Å². The van der Waals surface area contributed by atoms with Gasteiger partial charge in [-0.1, -0.05) is 51.3 Å². The van der Waals surface area contributed by atoms with Gasteiger partial charge in [0.1, 0.15) is 5.82 Å². The molecule has 1 atom stereocenters. The Kier molecular flexibility index (Phi) is 7.16. The van der Waals surface area contributed by atoms with E-state index in [-0.39, 0.29) is 11.3 Å². The topological polar surface area (TPSA) is 46.2 Å². The lowest BCUT2D eigenvalue weighted by Crippen LogP contribution is -2.30. The summed E-state index contributed by atoms with van der Waals surface area (Å²) in [5.74, 6) is -0.426. The van der Waals surface area contributed by atoms with Crippen molar-refractivity contribution in [2.24, 2.45) is 5.92 Å². The number of benzene rings is 1. The number of unbranched alkanes of at least 4 members (excludes halogenated alkanes) is 1. The summed E-state index contributed by atoms with van der Waals surface area (Å²) in [6.07, 6.45) is 4.18. The van der Waals surface area contributed by atoms with Crippen molar-refractivity contribution in [2.75, 3.05) is 6.54 Å². The van der Waals surface area contributed by atoms with E-state index >= 15 is 0 Å². The first kappa shape index (κ1) is 17.1. The Hall–Kier alpha value is -0.940. The van der Waals surface area contributed by atoms with Crippen LogP contribution in [0, 0.1) is 11.7 Å². The first-order valence-electron chi connectivity index (χ1n) is 7.19. The van der Waals surface area contributed by atoms with Crippen LogP contribution in [0.15, 0.2) is 24.3 Å². The maximum Gasteiger partial charge on any atom is 0.215 e. The number of hydrogen-bond donors (Lipinski definition) is 1. The summed E-state index contributed by atoms with van der Waals surface area (Å²) >= 11 is 0. The highest BCUT2D eigenvalue weighted by Gasteiger charge is 2.16. The summed E-state index contributed by atoms with van der Waals surface area (Å²) in [5.41, 5.74) is 0.210. The lowest BCUT2D eigenvalue weighted by Gasteiger charge is -2.15. The molecule has 1 aromatic rings. The van der Waals surface area contributed by atoms with Gasteiger partial charge in [0.05, 0.1) is 5.75 Å². The molecule has 0 fully saturated rings. The Morgan fingerprint density at radius 1 is 1.25 bits per heavy atom. The first-order valence-corrected chi connectivity index (χ1v) is 8.84. The van der Waals surface area contributed by atoms with Gasteiger partial charge in [-0.3, -0.25) is 0 Å². The highest BCUT2D eigenvalue weighted by molar-refractivity contribution is 7.88. The number of nitrogens with one attached hydrogen (secondary N) is 1. The third-order valence-electron chi connectivity index (χ3n) is 3.44. The quantitative estimate of drug-likeness (QED) is 0.759. The highest BCUT2D eigenvalue weighted by Crippen LogP contribution is 2.13. The van der Waals surface area contributed by atoms with Crippen molar-refractivity contribution in [2.45, 2.75) is 45.3 Å². The maximum atomic E-state index is 13.5. The molecule has 1 rings (SSSR count). The smallest absolute Gasteiger partial charge is 0.215 e. The molecule has 3 nitrogen and oxygen atoms in total. The van der Waals surface area contributed by atoms with Gasteiger partial charge in [0.2, 0.25) is 10.0 Å². The minimum Gasteiger partial charge on any atom is -0.215 e. The van der Waals surface area contributed by atoms with Crippen molar-refractivity contribution in [3.05, 3.63) is 35.6 Å². The highest BCUT2D eigenvalue weighted by atomic mass is 32.2. The van der Waals surface area contributed by atoms with E-state index in [0.29, 0.717) is 12.5 Å². The van der Waals surface area contributed by atoms with Crippen LogP contribution in [0.25, 0.3) is 0 Å². The second-order valence-corrected chi connectivity index (χ2v) is 6.92. The van der Waals surface area contributed by atoms with Gasteiger partial charge in [-0.2, -0.15) is 0 Å². The SMILES string of the molecule is CCCCC(CC)CNS(=O)(=O)Cc1ccccc1F. The van der Waals surface area contributed by atoms with Crippen LogP contribution in [-0.2, 0) is 15.8 Å². The third kappa shape index (κ3) is 6.01. The van der Waals surface area contributed by atoms with E-state index < -0.39 is 15.8 Å². The van der Waals surface area contributed by atoms with Crippen molar-refractivity contribution in [3.63, 3.8) is 0 Å². The monoisotopic (exact) mass is 301 g/mol. The average molecular weight is 301 g/mol. The molecule has 5 heteroatoms. The fraction of sp³-hybridized carbons (Fsp3) is 0.600. The van der Waals surface area contributed by atoms with Crippen LogP contribution in [0.3, 0.4) is 0 Å². The first-order chi connectivity index (χ1) is 9.48. The molecule has 0 radical (unpaired) electrons. The zero-order chi connectivity index (χ0) is 15.0. The Labute approximate surface area is 121 Å². The molecule has 0 spiro atoms. The molecule has 0 bridgehead atoms. The van der Waals surface area contributed by atoms with E-state index in [1.807, 2.05) is 0 Å². The summed E-state index contributed by atoms with van der Waals surface area (Å²) in [7, 11) is -3.48. The van der Waals surface area contributed by atoms with E-state index in [1.54, 1.807) is 12.1 Å². The van der Waals surface area contributed by atoms with Gasteiger partial charge >= 0.3 is 0 Å². The van der Waals surface area contributed by atoms with Crippen LogP contribution in [0.2, 0.25) is 0 Å². The van der Waals surface area contributed by atoms with Gasteiger partial charge in [-0.25, -0.2) is 17.5 Å². The van der Waals surface area contributed by atoms with Gasteiger partial charge in [0.25, 0.3) is 0 Å². The summed E-state index contributed by atoms with van der Waals surface area (Å²) < 4.78 is 40.0. The van der Waals surface area contributed by atoms with Crippen molar-refractivity contribution in [1.29, 1.82) is 0 Å². The molecule has 0 amide bonds. The molecule has 0 heterocycles. The van der Waals surface area contributed by atoms with E-state index in [1.165, 1.54) is 12.1 Å². The lowest BCUT2D eigenvalue weighted by atomic mass is 10.00. The fourth-order valence-electron chi connectivity index (χ4n) is 2.06. The van der Waals surface area contributed by atoms with Crippen molar-refractivity contribution in [1.82, 2.24) is 4.72 Å². The van der Waals surface area contributed by atoms with Crippen LogP contribution in [0.1, 0.15) is 45.1 Å². The molecule has 0 aliphatic heterocycles. The minimum absolute atomic E-state index is 0.210. The van der Waals surface area contributed by atoms with E-state index in [0.717, 1.165) is 25.7 Å². The summed E-state index contributed by atoms with van der Waals surface area (Å²) in [5, 5.41) is 0. The Bertz CT molecular complexity index is 502. The molecule has 114 valence electrons. The Morgan fingerprint density at radius 2 is 1.95 bits per heavy atom. The van der Waals surface area contributed by atoms with Crippen molar-refractivity contribution < 1.29 is 12.8 Å². The molecule has 1 N–H and O–H groups in total. The van der Waals surface area contributed by atoms with Gasteiger partial charge < -0.3 is 0 Å². The number of halogens is 1. The molecule has 1 aromatic carbocycles. The number of rotatable bonds is 9. The lowest BCUT2D eigenvalue weighted by molar-refractivity contribution is 0.443. The van der Waals surface area contributed by atoms with Gasteiger partial charge in [-0.15, -0.1) is 0 Å². The second kappa shape index (κ2) is 8.37. The molecular weight excluding hydrogens is 277 g/mol. The second-order valence-electron chi connectivity index (χ2n) is 5.12. The van der Waals surface area contributed by atoms with Gasteiger partial charge in [-0.05, 0) is 18.4 Å². The maximum absolute atomic E-state index is 13.5. The van der Waals surface area contributed by atoms with E-state index in [9.17, 15) is 12.8 Å². The molecule has 0 aliphatic carbocycles. The molecular formula is C15H24FNO2S. The van der Waals surface area contributed by atoms with Gasteiger partial charge in [0.15, 0.2) is 0 Å². The average Bonchev–Trinajstić information content (AvgIpc) is 2.41. The largest absolute Gasteiger partial charge is 0.215 e. The molecule has 1 unspecified atom stereocenters. The van der Waals surface area contributed by atoms with Crippen molar-refractivity contribution >= 4 is 10.0 Å². The molecule has 0 aromatic heterocycles. The molecule has 0 aliphatic rings. The van der Waals surface area contributed by atoms with Crippen molar-refractivity contribution in [3.8, 4) is 0 Å². The van der Waals surface area contributed by atoms with Crippen LogP contribution in [0.5, 0.6) is 0 Å². The summed E-state index contributed by atoms with van der Waals surface area (Å²) in [6.45, 7) is 4.62. The van der Waals surface area contributed by atoms with Crippen LogP contribution >= 0.6 is 0 Å². The van der Waals surface area contributed by atoms with E-state index in [4.69, 9.17) is 0 Å². The van der Waals surface area contributed by atoms with Crippen LogP contribution in [-0.4, -0.2) is 15.0 Å². The zero-order valence-corrected chi connectivity index (χ0v) is 13.0. The number of sulfonamides is 1. The molecule has 20 heavy (non-hydrogen) atoms. The summed E-state index contributed by atoms with van der Waals surface area (Å²) in [4.78, 5) is 0. The predicted molar refractivity (Wildman–Crippen MR) is 80.3 cm³/mol. The van der Waals surface area contributed by atoms with Gasteiger partial charge in [0, 0.05) is 12.1 Å². The number of hydrogen-bond acceptors (Lipinski definition) is 2. The fourth-order valence-corrected chi connectivity index (χ4v) is 3.29. The summed E-state index contributed by atoms with van der Waals surface area (Å²) in [6, 6.07) is 5.98. The zero-order valence-electron chi connectivity index (χ0n) is 12.2. The predicted octanol–water partition coefficient (Wildman–Crippen LogP) is 3.46. The Balaban J connectivity index is 2.55.